The van der Waals surface area contributed by atoms with Crippen molar-refractivity contribution in [1.82, 2.24) is 14.8 Å². The van der Waals surface area contributed by atoms with Crippen molar-refractivity contribution in [2.24, 2.45) is 0 Å². The summed E-state index contributed by atoms with van der Waals surface area (Å²) in [4.78, 5) is 16.3. The zero-order valence-electron chi connectivity index (χ0n) is 13.6. The van der Waals surface area contributed by atoms with Gasteiger partial charge in [-0.3, -0.25) is 4.79 Å². The Hall–Kier alpha value is -3.15. The van der Waals surface area contributed by atoms with Crippen LogP contribution in [0.15, 0.2) is 55.1 Å². The number of hydrogen-bond acceptors (Lipinski definition) is 4. The number of ether oxygens (including phenoxy) is 1. The van der Waals surface area contributed by atoms with Gasteiger partial charge >= 0.3 is 0 Å². The molecule has 0 saturated heterocycles. The molecule has 0 aliphatic carbocycles. The molecule has 3 rings (SSSR count). The number of anilines is 1. The highest BCUT2D eigenvalue weighted by Gasteiger charge is 2.10. The summed E-state index contributed by atoms with van der Waals surface area (Å²) >= 11 is 0. The molecule has 0 aliphatic rings. The van der Waals surface area contributed by atoms with Crippen molar-refractivity contribution < 1.29 is 9.53 Å². The Bertz CT molecular complexity index is 827. The van der Waals surface area contributed by atoms with Gasteiger partial charge < -0.3 is 10.1 Å². The number of aromatic nitrogens is 3. The van der Waals surface area contributed by atoms with E-state index in [0.29, 0.717) is 23.5 Å². The number of nitrogens with one attached hydrogen (secondary N) is 1. The molecule has 1 heterocycles. The summed E-state index contributed by atoms with van der Waals surface area (Å²) in [6.07, 6.45) is 3.15. The van der Waals surface area contributed by atoms with E-state index >= 15 is 0 Å². The normalized spacial score (nSPS) is 10.4. The molecule has 3 aromatic rings. The highest BCUT2D eigenvalue weighted by Crippen LogP contribution is 2.25. The van der Waals surface area contributed by atoms with E-state index in [9.17, 15) is 4.79 Å². The maximum Gasteiger partial charge on any atom is 0.255 e. The van der Waals surface area contributed by atoms with Gasteiger partial charge in [-0.25, -0.2) is 9.67 Å². The van der Waals surface area contributed by atoms with Crippen LogP contribution in [0.4, 0.5) is 5.69 Å². The molecule has 1 amide bonds. The molecule has 0 aliphatic heterocycles. The number of carbonyl (C=O) groups is 1. The summed E-state index contributed by atoms with van der Waals surface area (Å²) < 4.78 is 7.01. The molecule has 24 heavy (non-hydrogen) atoms. The van der Waals surface area contributed by atoms with E-state index in [1.165, 1.54) is 6.33 Å². The summed E-state index contributed by atoms with van der Waals surface area (Å²) in [6, 6.07) is 13.1. The lowest BCUT2D eigenvalue weighted by atomic mass is 10.1. The van der Waals surface area contributed by atoms with E-state index in [1.54, 1.807) is 30.3 Å². The number of amides is 1. The maximum absolute atomic E-state index is 12.4. The minimum Gasteiger partial charge on any atom is -0.495 e. The number of benzene rings is 2. The van der Waals surface area contributed by atoms with Crippen molar-refractivity contribution in [1.29, 1.82) is 0 Å². The van der Waals surface area contributed by atoms with Gasteiger partial charge in [0.2, 0.25) is 0 Å². The van der Waals surface area contributed by atoms with Gasteiger partial charge in [-0.15, -0.1) is 0 Å². The summed E-state index contributed by atoms with van der Waals surface area (Å²) in [6.45, 7) is 2.58. The van der Waals surface area contributed by atoms with Crippen LogP contribution in [0.3, 0.4) is 0 Å². The van der Waals surface area contributed by atoms with Gasteiger partial charge in [0.1, 0.15) is 18.4 Å². The van der Waals surface area contributed by atoms with Crippen molar-refractivity contribution >= 4 is 11.6 Å². The zero-order valence-corrected chi connectivity index (χ0v) is 13.6. The summed E-state index contributed by atoms with van der Waals surface area (Å²) in [7, 11) is 1.58. The second-order valence-corrected chi connectivity index (χ2v) is 5.45. The third-order valence-corrected chi connectivity index (χ3v) is 3.63. The molecule has 122 valence electrons. The number of rotatable bonds is 5. The molecule has 0 bridgehead atoms. The first-order valence-electron chi connectivity index (χ1n) is 7.53. The monoisotopic (exact) mass is 322 g/mol. The van der Waals surface area contributed by atoms with Gasteiger partial charge in [-0.1, -0.05) is 18.2 Å². The standard InChI is InChI=1S/C18H18N4O2/c1-13-3-8-17(24-2)16(9-13)21-18(23)15-6-4-14(5-7-15)10-22-12-19-11-20-22/h3-9,11-12H,10H2,1-2H3,(H,21,23). The van der Waals surface area contributed by atoms with E-state index in [-0.39, 0.29) is 5.91 Å². The van der Waals surface area contributed by atoms with Crippen LogP contribution in [0.25, 0.3) is 0 Å². The fraction of sp³-hybridized carbons (Fsp3) is 0.167. The highest BCUT2D eigenvalue weighted by molar-refractivity contribution is 6.05. The second-order valence-electron chi connectivity index (χ2n) is 5.45. The molecular weight excluding hydrogens is 304 g/mol. The van der Waals surface area contributed by atoms with Crippen molar-refractivity contribution in [2.45, 2.75) is 13.5 Å². The Morgan fingerprint density at radius 3 is 2.67 bits per heavy atom. The van der Waals surface area contributed by atoms with Crippen LogP contribution in [0, 0.1) is 6.92 Å². The third-order valence-electron chi connectivity index (χ3n) is 3.63. The number of carbonyl (C=O) groups excluding carboxylic acids is 1. The van der Waals surface area contributed by atoms with E-state index in [4.69, 9.17) is 4.74 Å². The van der Waals surface area contributed by atoms with Crippen LogP contribution >= 0.6 is 0 Å². The maximum atomic E-state index is 12.4. The Kier molecular flexibility index (Phi) is 4.56. The molecule has 0 spiro atoms. The Labute approximate surface area is 140 Å². The highest BCUT2D eigenvalue weighted by atomic mass is 16.5. The second kappa shape index (κ2) is 6.95. The molecule has 0 saturated carbocycles. The number of nitrogens with zero attached hydrogens (tertiary/aromatic N) is 3. The van der Waals surface area contributed by atoms with Crippen molar-refractivity contribution in [3.8, 4) is 5.75 Å². The first kappa shape index (κ1) is 15.7. The number of aryl methyl sites for hydroxylation is 1. The Morgan fingerprint density at radius 1 is 1.21 bits per heavy atom. The van der Waals surface area contributed by atoms with Crippen molar-refractivity contribution in [3.63, 3.8) is 0 Å². The zero-order chi connectivity index (χ0) is 16.9. The largest absolute Gasteiger partial charge is 0.495 e. The first-order chi connectivity index (χ1) is 11.7. The molecule has 2 aromatic carbocycles. The topological polar surface area (TPSA) is 69.0 Å². The molecule has 0 fully saturated rings. The molecule has 6 heteroatoms. The van der Waals surface area contributed by atoms with Gasteiger partial charge in [-0.2, -0.15) is 5.10 Å². The molecule has 0 unspecified atom stereocenters. The van der Waals surface area contributed by atoms with Gasteiger partial charge in [0.25, 0.3) is 5.91 Å². The molecule has 6 nitrogen and oxygen atoms in total. The Morgan fingerprint density at radius 2 is 2.00 bits per heavy atom. The SMILES string of the molecule is COc1ccc(C)cc1NC(=O)c1ccc(Cn2cncn2)cc1. The molecule has 0 atom stereocenters. The van der Waals surface area contributed by atoms with Crippen LogP contribution in [-0.4, -0.2) is 27.8 Å². The van der Waals surface area contributed by atoms with E-state index < -0.39 is 0 Å². The molecule has 1 aromatic heterocycles. The predicted molar refractivity (Wildman–Crippen MR) is 91.3 cm³/mol. The van der Waals surface area contributed by atoms with Gasteiger partial charge in [-0.05, 0) is 42.3 Å². The minimum absolute atomic E-state index is 0.175. The Balaban J connectivity index is 1.72. The smallest absolute Gasteiger partial charge is 0.255 e. The van der Waals surface area contributed by atoms with Crippen LogP contribution in [0.5, 0.6) is 5.75 Å². The summed E-state index contributed by atoms with van der Waals surface area (Å²) in [5.74, 6) is 0.461. The quantitative estimate of drug-likeness (QED) is 0.784. The first-order valence-corrected chi connectivity index (χ1v) is 7.53. The minimum atomic E-state index is -0.175. The van der Waals surface area contributed by atoms with Crippen LogP contribution < -0.4 is 10.1 Å². The molecule has 0 radical (unpaired) electrons. The van der Waals surface area contributed by atoms with Gasteiger partial charge in [0, 0.05) is 5.56 Å². The lowest BCUT2D eigenvalue weighted by molar-refractivity contribution is 0.102. The lowest BCUT2D eigenvalue weighted by Crippen LogP contribution is -2.13. The summed E-state index contributed by atoms with van der Waals surface area (Å²) in [5, 5.41) is 6.96. The molecule has 1 N–H and O–H groups in total. The fourth-order valence-electron chi connectivity index (χ4n) is 2.38. The number of methoxy groups -OCH3 is 1. The summed E-state index contributed by atoms with van der Waals surface area (Å²) in [5.41, 5.74) is 3.34. The predicted octanol–water partition coefficient (Wildman–Crippen LogP) is 2.90. The van der Waals surface area contributed by atoms with Crippen LogP contribution in [0.2, 0.25) is 0 Å². The van der Waals surface area contributed by atoms with Crippen LogP contribution in [0.1, 0.15) is 21.5 Å². The van der Waals surface area contributed by atoms with E-state index in [1.807, 2.05) is 37.3 Å². The van der Waals surface area contributed by atoms with E-state index in [2.05, 4.69) is 15.4 Å². The van der Waals surface area contributed by atoms with Crippen molar-refractivity contribution in [3.05, 3.63) is 71.8 Å². The van der Waals surface area contributed by atoms with Gasteiger partial charge in [0.05, 0.1) is 19.3 Å². The number of hydrogen-bond donors (Lipinski definition) is 1. The van der Waals surface area contributed by atoms with Crippen LogP contribution in [-0.2, 0) is 6.54 Å². The van der Waals surface area contributed by atoms with Gasteiger partial charge in [0.15, 0.2) is 0 Å². The van der Waals surface area contributed by atoms with Crippen molar-refractivity contribution in [2.75, 3.05) is 12.4 Å². The van der Waals surface area contributed by atoms with E-state index in [0.717, 1.165) is 11.1 Å². The third kappa shape index (κ3) is 3.60. The lowest BCUT2D eigenvalue weighted by Gasteiger charge is -2.11. The average Bonchev–Trinajstić information content (AvgIpc) is 3.09. The fourth-order valence-corrected chi connectivity index (χ4v) is 2.38. The average molecular weight is 322 g/mol. The molecular formula is C18H18N4O2.